The Kier molecular flexibility index (Phi) is 5.32. The minimum atomic E-state index is -1.25. The summed E-state index contributed by atoms with van der Waals surface area (Å²) >= 11 is 8.41. The number of aryl methyl sites for hydroxylation is 1. The molecule has 0 aliphatic rings. The lowest BCUT2D eigenvalue weighted by atomic mass is 10.1. The number of hydrogen-bond acceptors (Lipinski definition) is 5. The van der Waals surface area contributed by atoms with Crippen LogP contribution < -0.4 is 5.32 Å². The zero-order valence-corrected chi connectivity index (χ0v) is 15.6. The van der Waals surface area contributed by atoms with Crippen molar-refractivity contribution in [1.29, 1.82) is 5.26 Å². The van der Waals surface area contributed by atoms with E-state index in [1.807, 2.05) is 6.07 Å². The van der Waals surface area contributed by atoms with Crippen molar-refractivity contribution in [1.82, 2.24) is 10.3 Å². The maximum Gasteiger partial charge on any atom is 0.264 e. The molecule has 0 bridgehead atoms. The predicted molar refractivity (Wildman–Crippen MR) is 97.4 cm³/mol. The monoisotopic (exact) mass is 409 g/mol. The van der Waals surface area contributed by atoms with E-state index in [0.29, 0.717) is 26.0 Å². The molecule has 1 unspecified atom stereocenters. The SMILES string of the molecule is Cc1nc(-c2ccc(Cl)s2)sc1C(=O)NC(C#N)c1ccc(F)cc1F. The quantitative estimate of drug-likeness (QED) is 0.651. The van der Waals surface area contributed by atoms with Gasteiger partial charge in [-0.2, -0.15) is 5.26 Å². The first kappa shape index (κ1) is 18.5. The van der Waals surface area contributed by atoms with Crippen LogP contribution >= 0.6 is 34.3 Å². The van der Waals surface area contributed by atoms with E-state index in [4.69, 9.17) is 11.6 Å². The van der Waals surface area contributed by atoms with Crippen LogP contribution in [0.1, 0.15) is 27.0 Å². The van der Waals surface area contributed by atoms with Crippen molar-refractivity contribution in [3.8, 4) is 16.0 Å². The number of benzene rings is 1. The van der Waals surface area contributed by atoms with Crippen LogP contribution in [0.25, 0.3) is 9.88 Å². The van der Waals surface area contributed by atoms with E-state index in [9.17, 15) is 18.8 Å². The number of carbonyl (C=O) groups excluding carboxylic acids is 1. The predicted octanol–water partition coefficient (Wildman–Crippen LogP) is 5.11. The van der Waals surface area contributed by atoms with Crippen molar-refractivity contribution < 1.29 is 13.6 Å². The molecule has 1 amide bonds. The minimum absolute atomic E-state index is 0.102. The van der Waals surface area contributed by atoms with E-state index in [-0.39, 0.29) is 5.56 Å². The van der Waals surface area contributed by atoms with Gasteiger partial charge in [-0.05, 0) is 25.1 Å². The van der Waals surface area contributed by atoms with E-state index in [0.717, 1.165) is 28.3 Å². The van der Waals surface area contributed by atoms with Crippen molar-refractivity contribution in [2.75, 3.05) is 0 Å². The Morgan fingerprint density at radius 2 is 2.08 bits per heavy atom. The molecule has 0 saturated carbocycles. The van der Waals surface area contributed by atoms with Gasteiger partial charge in [0.05, 0.1) is 21.0 Å². The van der Waals surface area contributed by atoms with Crippen LogP contribution in [0.4, 0.5) is 8.78 Å². The number of halogens is 3. The molecule has 3 aromatic rings. The second-order valence-corrected chi connectivity index (χ2v) is 7.95. The molecule has 4 nitrogen and oxygen atoms in total. The van der Waals surface area contributed by atoms with Gasteiger partial charge < -0.3 is 5.32 Å². The number of nitrogens with zero attached hydrogens (tertiary/aromatic N) is 2. The molecule has 0 aliphatic heterocycles. The summed E-state index contributed by atoms with van der Waals surface area (Å²) in [6.07, 6.45) is 0. The second kappa shape index (κ2) is 7.50. The molecular formula is C17H10ClF2N3OS2. The highest BCUT2D eigenvalue weighted by atomic mass is 35.5. The van der Waals surface area contributed by atoms with Gasteiger partial charge in [0, 0.05) is 11.6 Å². The number of thiophene rings is 1. The summed E-state index contributed by atoms with van der Waals surface area (Å²) in [6.45, 7) is 1.67. The van der Waals surface area contributed by atoms with Gasteiger partial charge in [-0.3, -0.25) is 4.79 Å². The van der Waals surface area contributed by atoms with E-state index in [1.54, 1.807) is 19.1 Å². The highest BCUT2D eigenvalue weighted by Gasteiger charge is 2.23. The number of nitrogens with one attached hydrogen (secondary N) is 1. The molecule has 2 aromatic heterocycles. The number of nitriles is 1. The topological polar surface area (TPSA) is 65.8 Å². The van der Waals surface area contributed by atoms with Gasteiger partial charge in [-0.15, -0.1) is 22.7 Å². The minimum Gasteiger partial charge on any atom is -0.332 e. The molecule has 0 spiro atoms. The molecule has 9 heteroatoms. The highest BCUT2D eigenvalue weighted by molar-refractivity contribution is 7.24. The van der Waals surface area contributed by atoms with Crippen molar-refractivity contribution in [2.24, 2.45) is 0 Å². The van der Waals surface area contributed by atoms with E-state index >= 15 is 0 Å². The number of amides is 1. The van der Waals surface area contributed by atoms with Crippen molar-refractivity contribution >= 4 is 40.2 Å². The van der Waals surface area contributed by atoms with Crippen LogP contribution in [-0.2, 0) is 0 Å². The lowest BCUT2D eigenvalue weighted by molar-refractivity contribution is 0.0948. The Balaban J connectivity index is 1.85. The van der Waals surface area contributed by atoms with E-state index < -0.39 is 23.6 Å². The summed E-state index contributed by atoms with van der Waals surface area (Å²) in [5.74, 6) is -2.21. The zero-order valence-electron chi connectivity index (χ0n) is 13.2. The van der Waals surface area contributed by atoms with Crippen molar-refractivity contribution in [3.05, 3.63) is 62.4 Å². The number of carbonyl (C=O) groups is 1. The van der Waals surface area contributed by atoms with Crippen LogP contribution in [0.15, 0.2) is 30.3 Å². The molecule has 0 fully saturated rings. The summed E-state index contributed by atoms with van der Waals surface area (Å²) in [7, 11) is 0. The first-order valence-electron chi connectivity index (χ1n) is 7.27. The normalized spacial score (nSPS) is 11.8. The van der Waals surface area contributed by atoms with Crippen molar-refractivity contribution in [3.63, 3.8) is 0 Å². The van der Waals surface area contributed by atoms with Crippen LogP contribution in [0, 0.1) is 29.9 Å². The number of thiazole rings is 1. The lowest BCUT2D eigenvalue weighted by Crippen LogP contribution is -2.28. The molecule has 1 atom stereocenters. The van der Waals surface area contributed by atoms with E-state index in [1.165, 1.54) is 11.3 Å². The molecule has 2 heterocycles. The standard InChI is InChI=1S/C17H10ClF2N3OS2/c1-8-15(26-17(22-8)13-4-5-14(18)25-13)16(24)23-12(7-21)10-3-2-9(19)6-11(10)20/h2-6,12H,1H3,(H,23,24). The first-order valence-corrected chi connectivity index (χ1v) is 9.28. The molecule has 1 aromatic carbocycles. The fourth-order valence-corrected chi connectivity index (χ4v) is 4.32. The zero-order chi connectivity index (χ0) is 18.8. The summed E-state index contributed by atoms with van der Waals surface area (Å²) in [5, 5.41) is 12.4. The van der Waals surface area contributed by atoms with Gasteiger partial charge in [-0.1, -0.05) is 17.7 Å². The molecule has 0 radical (unpaired) electrons. The molecule has 26 heavy (non-hydrogen) atoms. The average Bonchev–Trinajstić information content (AvgIpc) is 3.19. The van der Waals surface area contributed by atoms with Crippen LogP contribution in [0.5, 0.6) is 0 Å². The van der Waals surface area contributed by atoms with Crippen LogP contribution in [0.2, 0.25) is 4.34 Å². The fourth-order valence-electron chi connectivity index (χ4n) is 2.25. The number of rotatable bonds is 4. The molecule has 132 valence electrons. The molecule has 0 aliphatic carbocycles. The summed E-state index contributed by atoms with van der Waals surface area (Å²) in [6, 6.07) is 6.95. The van der Waals surface area contributed by atoms with Gasteiger partial charge in [0.15, 0.2) is 0 Å². The van der Waals surface area contributed by atoms with Crippen LogP contribution in [-0.4, -0.2) is 10.9 Å². The Labute approximate surface area is 160 Å². The summed E-state index contributed by atoms with van der Waals surface area (Å²) in [4.78, 5) is 18.0. The molecule has 1 N–H and O–H groups in total. The number of aromatic nitrogens is 1. The maximum atomic E-state index is 13.9. The maximum absolute atomic E-state index is 13.9. The largest absolute Gasteiger partial charge is 0.332 e. The lowest BCUT2D eigenvalue weighted by Gasteiger charge is -2.12. The Morgan fingerprint density at radius 1 is 1.31 bits per heavy atom. The number of hydrogen-bond donors (Lipinski definition) is 1. The Bertz CT molecular complexity index is 1030. The second-order valence-electron chi connectivity index (χ2n) is 5.24. The summed E-state index contributed by atoms with van der Waals surface area (Å²) in [5.41, 5.74) is 0.387. The van der Waals surface area contributed by atoms with Gasteiger partial charge in [-0.25, -0.2) is 13.8 Å². The van der Waals surface area contributed by atoms with E-state index in [2.05, 4.69) is 10.3 Å². The third-order valence-corrected chi connectivity index (χ3v) is 6.02. The third kappa shape index (κ3) is 3.75. The highest BCUT2D eigenvalue weighted by Crippen LogP contribution is 2.35. The van der Waals surface area contributed by atoms with Gasteiger partial charge in [0.2, 0.25) is 0 Å². The fraction of sp³-hybridized carbons (Fsp3) is 0.118. The van der Waals surface area contributed by atoms with Gasteiger partial charge >= 0.3 is 0 Å². The molecule has 0 saturated heterocycles. The third-order valence-electron chi connectivity index (χ3n) is 3.46. The smallest absolute Gasteiger partial charge is 0.264 e. The summed E-state index contributed by atoms with van der Waals surface area (Å²) < 4.78 is 27.5. The first-order chi connectivity index (χ1) is 12.4. The average molecular weight is 410 g/mol. The van der Waals surface area contributed by atoms with Gasteiger partial charge in [0.1, 0.15) is 27.6 Å². The van der Waals surface area contributed by atoms with Gasteiger partial charge in [0.25, 0.3) is 5.91 Å². The van der Waals surface area contributed by atoms with Crippen molar-refractivity contribution in [2.45, 2.75) is 13.0 Å². The molecular weight excluding hydrogens is 400 g/mol. The van der Waals surface area contributed by atoms with Crippen LogP contribution in [0.3, 0.4) is 0 Å². The Hall–Kier alpha value is -2.34. The molecule has 3 rings (SSSR count). The Morgan fingerprint density at radius 3 is 2.69 bits per heavy atom.